The number of benzene rings is 1. The molecule has 1 fully saturated rings. The Bertz CT molecular complexity index is 473. The summed E-state index contributed by atoms with van der Waals surface area (Å²) < 4.78 is 18.3. The molecule has 0 aliphatic carbocycles. The van der Waals surface area contributed by atoms with E-state index in [2.05, 4.69) is 4.74 Å². The number of anilines is 1. The van der Waals surface area contributed by atoms with Gasteiger partial charge in [-0.1, -0.05) is 0 Å². The van der Waals surface area contributed by atoms with Crippen molar-refractivity contribution in [3.05, 3.63) is 29.6 Å². The van der Waals surface area contributed by atoms with E-state index in [1.165, 1.54) is 24.1 Å². The summed E-state index contributed by atoms with van der Waals surface area (Å²) in [5, 5.41) is 0. The molecule has 1 aliphatic rings. The molecule has 2 rings (SSSR count). The molecule has 0 bridgehead atoms. The molecule has 1 saturated heterocycles. The van der Waals surface area contributed by atoms with Gasteiger partial charge in [0.2, 0.25) is 5.91 Å². The van der Waals surface area contributed by atoms with Crippen LogP contribution in [0, 0.1) is 5.82 Å². The zero-order valence-corrected chi connectivity index (χ0v) is 9.40. The van der Waals surface area contributed by atoms with Crippen LogP contribution in [0.5, 0.6) is 0 Å². The van der Waals surface area contributed by atoms with Crippen LogP contribution in [0.4, 0.5) is 10.1 Å². The topological polar surface area (TPSA) is 46.6 Å². The lowest BCUT2D eigenvalue weighted by Crippen LogP contribution is -2.24. The Kier molecular flexibility index (Phi) is 3.08. The van der Waals surface area contributed by atoms with E-state index in [-0.39, 0.29) is 17.2 Å². The SMILES string of the molecule is COC(=O)c1ccc(N2CCCC2=O)c(F)c1. The Morgan fingerprint density at radius 2 is 2.24 bits per heavy atom. The van der Waals surface area contributed by atoms with Gasteiger partial charge in [-0.15, -0.1) is 0 Å². The second-order valence-electron chi connectivity index (χ2n) is 3.81. The van der Waals surface area contributed by atoms with Crippen LogP contribution >= 0.6 is 0 Å². The average molecular weight is 237 g/mol. The molecule has 1 heterocycles. The number of hydrogen-bond acceptors (Lipinski definition) is 3. The molecule has 0 N–H and O–H groups in total. The maximum absolute atomic E-state index is 13.8. The first-order valence-electron chi connectivity index (χ1n) is 5.31. The van der Waals surface area contributed by atoms with E-state index in [0.29, 0.717) is 13.0 Å². The number of rotatable bonds is 2. The van der Waals surface area contributed by atoms with Crippen molar-refractivity contribution < 1.29 is 18.7 Å². The van der Waals surface area contributed by atoms with Crippen molar-refractivity contribution in [3.8, 4) is 0 Å². The van der Waals surface area contributed by atoms with Crippen molar-refractivity contribution in [2.24, 2.45) is 0 Å². The predicted octanol–water partition coefficient (Wildman–Crippen LogP) is 1.74. The molecule has 1 aliphatic heterocycles. The van der Waals surface area contributed by atoms with Crippen LogP contribution in [-0.2, 0) is 9.53 Å². The monoisotopic (exact) mass is 237 g/mol. The molecule has 5 heteroatoms. The quantitative estimate of drug-likeness (QED) is 0.736. The van der Waals surface area contributed by atoms with E-state index >= 15 is 0 Å². The normalized spacial score (nSPS) is 15.2. The van der Waals surface area contributed by atoms with E-state index in [1.807, 2.05) is 0 Å². The Balaban J connectivity index is 2.31. The molecule has 0 unspecified atom stereocenters. The van der Waals surface area contributed by atoms with E-state index < -0.39 is 11.8 Å². The summed E-state index contributed by atoms with van der Waals surface area (Å²) in [5.74, 6) is -1.26. The Hall–Kier alpha value is -1.91. The Morgan fingerprint density at radius 1 is 1.47 bits per heavy atom. The fourth-order valence-corrected chi connectivity index (χ4v) is 1.87. The van der Waals surface area contributed by atoms with Crippen molar-refractivity contribution in [1.29, 1.82) is 0 Å². The van der Waals surface area contributed by atoms with Crippen molar-refractivity contribution in [2.45, 2.75) is 12.8 Å². The molecule has 0 saturated carbocycles. The number of hydrogen-bond donors (Lipinski definition) is 0. The summed E-state index contributed by atoms with van der Waals surface area (Å²) in [7, 11) is 1.23. The van der Waals surface area contributed by atoms with Crippen molar-refractivity contribution in [1.82, 2.24) is 0 Å². The van der Waals surface area contributed by atoms with Crippen molar-refractivity contribution in [3.63, 3.8) is 0 Å². The number of methoxy groups -OCH3 is 1. The van der Waals surface area contributed by atoms with Gasteiger partial charge in [-0.25, -0.2) is 9.18 Å². The molecule has 0 aromatic heterocycles. The highest BCUT2D eigenvalue weighted by Gasteiger charge is 2.24. The van der Waals surface area contributed by atoms with Crippen LogP contribution in [0.15, 0.2) is 18.2 Å². The van der Waals surface area contributed by atoms with Crippen LogP contribution < -0.4 is 4.90 Å². The summed E-state index contributed by atoms with van der Waals surface area (Å²) >= 11 is 0. The molecule has 90 valence electrons. The number of esters is 1. The molecule has 4 nitrogen and oxygen atoms in total. The van der Waals surface area contributed by atoms with Gasteiger partial charge in [-0.05, 0) is 24.6 Å². The van der Waals surface area contributed by atoms with Crippen LogP contribution in [0.2, 0.25) is 0 Å². The minimum absolute atomic E-state index is 0.0882. The minimum Gasteiger partial charge on any atom is -0.465 e. The molecule has 0 atom stereocenters. The Labute approximate surface area is 98.0 Å². The third-order valence-corrected chi connectivity index (χ3v) is 2.73. The van der Waals surface area contributed by atoms with Crippen LogP contribution in [0.3, 0.4) is 0 Å². The first kappa shape index (κ1) is 11.6. The maximum atomic E-state index is 13.8. The van der Waals surface area contributed by atoms with Gasteiger partial charge in [0.15, 0.2) is 0 Å². The molecule has 0 spiro atoms. The van der Waals surface area contributed by atoms with Gasteiger partial charge in [0, 0.05) is 13.0 Å². The number of amides is 1. The highest BCUT2D eigenvalue weighted by molar-refractivity contribution is 5.96. The number of carbonyl (C=O) groups is 2. The van der Waals surface area contributed by atoms with Gasteiger partial charge in [0.1, 0.15) is 5.82 Å². The van der Waals surface area contributed by atoms with Gasteiger partial charge in [0.25, 0.3) is 0 Å². The molecule has 1 aromatic carbocycles. The second-order valence-corrected chi connectivity index (χ2v) is 3.81. The Morgan fingerprint density at radius 3 is 2.76 bits per heavy atom. The fraction of sp³-hybridized carbons (Fsp3) is 0.333. The number of carbonyl (C=O) groups excluding carboxylic acids is 2. The predicted molar refractivity (Wildman–Crippen MR) is 59.3 cm³/mol. The molecular formula is C12H12FNO3. The third kappa shape index (κ3) is 2.13. The number of halogens is 1. The van der Waals surface area contributed by atoms with Crippen LogP contribution in [-0.4, -0.2) is 25.5 Å². The van der Waals surface area contributed by atoms with E-state index in [0.717, 1.165) is 12.5 Å². The molecule has 0 radical (unpaired) electrons. The van der Waals surface area contributed by atoms with Crippen molar-refractivity contribution in [2.75, 3.05) is 18.6 Å². The molecule has 1 aromatic rings. The molecular weight excluding hydrogens is 225 g/mol. The fourth-order valence-electron chi connectivity index (χ4n) is 1.87. The summed E-state index contributed by atoms with van der Waals surface area (Å²) in [4.78, 5) is 24.1. The summed E-state index contributed by atoms with van der Waals surface area (Å²) in [6.07, 6.45) is 1.18. The summed E-state index contributed by atoms with van der Waals surface area (Å²) in [6, 6.07) is 3.98. The van der Waals surface area contributed by atoms with E-state index in [9.17, 15) is 14.0 Å². The van der Waals surface area contributed by atoms with Gasteiger partial charge >= 0.3 is 5.97 Å². The highest BCUT2D eigenvalue weighted by atomic mass is 19.1. The number of nitrogens with zero attached hydrogens (tertiary/aromatic N) is 1. The van der Waals surface area contributed by atoms with E-state index in [1.54, 1.807) is 0 Å². The van der Waals surface area contributed by atoms with E-state index in [4.69, 9.17) is 0 Å². The molecule has 1 amide bonds. The average Bonchev–Trinajstić information content (AvgIpc) is 2.74. The molecule has 17 heavy (non-hydrogen) atoms. The standard InChI is InChI=1S/C12H12FNO3/c1-17-12(16)8-4-5-10(9(13)7-8)14-6-2-3-11(14)15/h4-5,7H,2-3,6H2,1H3. The minimum atomic E-state index is -0.594. The lowest BCUT2D eigenvalue weighted by Gasteiger charge is -2.16. The van der Waals surface area contributed by atoms with Crippen LogP contribution in [0.1, 0.15) is 23.2 Å². The smallest absolute Gasteiger partial charge is 0.337 e. The zero-order valence-electron chi connectivity index (χ0n) is 9.40. The first-order valence-corrected chi connectivity index (χ1v) is 5.31. The largest absolute Gasteiger partial charge is 0.465 e. The van der Waals surface area contributed by atoms with Gasteiger partial charge in [-0.2, -0.15) is 0 Å². The summed E-state index contributed by atoms with van der Waals surface area (Å²) in [6.45, 7) is 0.521. The maximum Gasteiger partial charge on any atom is 0.337 e. The highest BCUT2D eigenvalue weighted by Crippen LogP contribution is 2.25. The third-order valence-electron chi connectivity index (χ3n) is 2.73. The van der Waals surface area contributed by atoms with Crippen molar-refractivity contribution >= 4 is 17.6 Å². The lowest BCUT2D eigenvalue weighted by atomic mass is 10.2. The van der Waals surface area contributed by atoms with Gasteiger partial charge in [-0.3, -0.25) is 4.79 Å². The van der Waals surface area contributed by atoms with Gasteiger partial charge in [0.05, 0.1) is 18.4 Å². The number of ether oxygens (including phenoxy) is 1. The second kappa shape index (κ2) is 4.53. The van der Waals surface area contributed by atoms with Crippen LogP contribution in [0.25, 0.3) is 0 Å². The zero-order chi connectivity index (χ0) is 12.4. The van der Waals surface area contributed by atoms with Gasteiger partial charge < -0.3 is 9.64 Å². The lowest BCUT2D eigenvalue weighted by molar-refractivity contribution is -0.117. The summed E-state index contributed by atoms with van der Waals surface area (Å²) in [5.41, 5.74) is 0.362. The first-order chi connectivity index (χ1) is 8.13.